The minimum absolute atomic E-state index is 0.240. The summed E-state index contributed by atoms with van der Waals surface area (Å²) >= 11 is 0. The monoisotopic (exact) mass is 372 g/mol. The lowest BCUT2D eigenvalue weighted by Crippen LogP contribution is -2.23. The standard InChI is InChI=1S/C23H17FN2O2/c24-18-9-11-19(12-10-18)28-20-6-3-4-16(14-20)15-25-23(27)22-13-8-17-5-1-2-7-21(17)26-22/h1-14H,15H2,(H,25,27). The fraction of sp³-hybridized carbons (Fsp3) is 0.0435. The van der Waals surface area contributed by atoms with E-state index in [1.807, 2.05) is 48.5 Å². The van der Waals surface area contributed by atoms with Crippen LogP contribution in [0.4, 0.5) is 4.39 Å². The van der Waals surface area contributed by atoms with Crippen LogP contribution in [0.2, 0.25) is 0 Å². The number of hydrogen-bond donors (Lipinski definition) is 1. The van der Waals surface area contributed by atoms with Gasteiger partial charge < -0.3 is 10.1 Å². The summed E-state index contributed by atoms with van der Waals surface area (Å²) in [6.45, 7) is 0.341. The summed E-state index contributed by atoms with van der Waals surface area (Å²) in [5.74, 6) is 0.604. The molecule has 1 heterocycles. The molecule has 0 fully saturated rings. The highest BCUT2D eigenvalue weighted by molar-refractivity contribution is 5.94. The van der Waals surface area contributed by atoms with Gasteiger partial charge in [-0.15, -0.1) is 0 Å². The number of pyridine rings is 1. The topological polar surface area (TPSA) is 51.2 Å². The van der Waals surface area contributed by atoms with E-state index < -0.39 is 0 Å². The van der Waals surface area contributed by atoms with E-state index >= 15 is 0 Å². The van der Waals surface area contributed by atoms with Crippen LogP contribution in [0.1, 0.15) is 16.1 Å². The van der Waals surface area contributed by atoms with Gasteiger partial charge in [0.25, 0.3) is 5.91 Å². The highest BCUT2D eigenvalue weighted by atomic mass is 19.1. The summed E-state index contributed by atoms with van der Waals surface area (Å²) in [4.78, 5) is 16.8. The zero-order chi connectivity index (χ0) is 19.3. The lowest BCUT2D eigenvalue weighted by atomic mass is 10.2. The molecule has 0 aliphatic heterocycles. The number of hydrogen-bond acceptors (Lipinski definition) is 3. The number of nitrogens with zero attached hydrogens (tertiary/aromatic N) is 1. The third-order valence-corrected chi connectivity index (χ3v) is 4.23. The first kappa shape index (κ1) is 17.7. The lowest BCUT2D eigenvalue weighted by Gasteiger charge is -2.09. The van der Waals surface area contributed by atoms with Gasteiger partial charge in [0.1, 0.15) is 23.0 Å². The first-order valence-corrected chi connectivity index (χ1v) is 8.84. The Bertz CT molecular complexity index is 1130. The molecule has 0 aliphatic rings. The van der Waals surface area contributed by atoms with E-state index in [2.05, 4.69) is 10.3 Å². The summed E-state index contributed by atoms with van der Waals surface area (Å²) in [5.41, 5.74) is 2.04. The van der Waals surface area contributed by atoms with Crippen LogP contribution < -0.4 is 10.1 Å². The van der Waals surface area contributed by atoms with Crippen LogP contribution in [0.5, 0.6) is 11.5 Å². The molecule has 4 aromatic rings. The zero-order valence-electron chi connectivity index (χ0n) is 14.9. The Hall–Kier alpha value is -3.73. The number of ether oxygens (including phenoxy) is 1. The van der Waals surface area contributed by atoms with Crippen LogP contribution in [-0.2, 0) is 6.54 Å². The molecule has 0 spiro atoms. The Kier molecular flexibility index (Phi) is 4.97. The molecule has 28 heavy (non-hydrogen) atoms. The van der Waals surface area contributed by atoms with Crippen LogP contribution in [0.15, 0.2) is 84.9 Å². The number of carbonyl (C=O) groups excluding carboxylic acids is 1. The largest absolute Gasteiger partial charge is 0.457 e. The summed E-state index contributed by atoms with van der Waals surface area (Å²) < 4.78 is 18.7. The molecule has 138 valence electrons. The average molecular weight is 372 g/mol. The number of carbonyl (C=O) groups is 1. The smallest absolute Gasteiger partial charge is 0.270 e. The maximum absolute atomic E-state index is 13.0. The van der Waals surface area contributed by atoms with Gasteiger partial charge in [0, 0.05) is 11.9 Å². The third-order valence-electron chi connectivity index (χ3n) is 4.23. The molecule has 1 aromatic heterocycles. The summed E-state index contributed by atoms with van der Waals surface area (Å²) in [6, 6.07) is 24.4. The van der Waals surface area contributed by atoms with Gasteiger partial charge in [0.15, 0.2) is 0 Å². The third kappa shape index (κ3) is 4.15. The van der Waals surface area contributed by atoms with Gasteiger partial charge in [-0.3, -0.25) is 4.79 Å². The quantitative estimate of drug-likeness (QED) is 0.530. The molecule has 0 bridgehead atoms. The number of rotatable bonds is 5. The van der Waals surface area contributed by atoms with Crippen molar-refractivity contribution >= 4 is 16.8 Å². The van der Waals surface area contributed by atoms with Gasteiger partial charge in [0.05, 0.1) is 5.52 Å². The summed E-state index contributed by atoms with van der Waals surface area (Å²) in [6.07, 6.45) is 0. The van der Waals surface area contributed by atoms with E-state index in [4.69, 9.17) is 4.74 Å². The normalized spacial score (nSPS) is 10.6. The predicted octanol–water partition coefficient (Wildman–Crippen LogP) is 5.10. The first-order valence-electron chi connectivity index (χ1n) is 8.84. The minimum atomic E-state index is -0.314. The van der Waals surface area contributed by atoms with Crippen LogP contribution in [0.25, 0.3) is 10.9 Å². The molecule has 0 unspecified atom stereocenters. The van der Waals surface area contributed by atoms with Gasteiger partial charge in [-0.05, 0) is 54.1 Å². The number of benzene rings is 3. The number of aromatic nitrogens is 1. The van der Waals surface area contributed by atoms with E-state index in [1.54, 1.807) is 24.3 Å². The Morgan fingerprint density at radius 2 is 1.71 bits per heavy atom. The van der Waals surface area contributed by atoms with E-state index in [9.17, 15) is 9.18 Å². The van der Waals surface area contributed by atoms with Crippen LogP contribution in [0, 0.1) is 5.82 Å². The van der Waals surface area contributed by atoms with Crippen molar-refractivity contribution in [3.05, 3.63) is 102 Å². The van der Waals surface area contributed by atoms with Gasteiger partial charge in [-0.2, -0.15) is 0 Å². The number of nitrogens with one attached hydrogen (secondary N) is 1. The molecular formula is C23H17FN2O2. The fourth-order valence-corrected chi connectivity index (χ4v) is 2.82. The van der Waals surface area contributed by atoms with Crippen LogP contribution in [0.3, 0.4) is 0 Å². The van der Waals surface area contributed by atoms with Crippen molar-refractivity contribution in [2.24, 2.45) is 0 Å². The number of amides is 1. The molecule has 0 saturated heterocycles. The number of halogens is 1. The van der Waals surface area contributed by atoms with E-state index in [0.29, 0.717) is 23.7 Å². The Morgan fingerprint density at radius 1 is 0.893 bits per heavy atom. The second kappa shape index (κ2) is 7.88. The van der Waals surface area contributed by atoms with Crippen molar-refractivity contribution < 1.29 is 13.9 Å². The van der Waals surface area contributed by atoms with Crippen molar-refractivity contribution in [2.75, 3.05) is 0 Å². The lowest BCUT2D eigenvalue weighted by molar-refractivity contribution is 0.0946. The number of para-hydroxylation sites is 1. The molecule has 0 radical (unpaired) electrons. The predicted molar refractivity (Wildman–Crippen MR) is 106 cm³/mol. The van der Waals surface area contributed by atoms with Gasteiger partial charge in [-0.1, -0.05) is 36.4 Å². The second-order valence-electron chi connectivity index (χ2n) is 6.28. The molecule has 0 atom stereocenters. The highest BCUT2D eigenvalue weighted by Gasteiger charge is 2.08. The zero-order valence-corrected chi connectivity index (χ0v) is 14.9. The van der Waals surface area contributed by atoms with Gasteiger partial charge >= 0.3 is 0 Å². The molecular weight excluding hydrogens is 355 g/mol. The Balaban J connectivity index is 1.42. The molecule has 5 heteroatoms. The van der Waals surface area contributed by atoms with E-state index in [0.717, 1.165) is 16.5 Å². The Morgan fingerprint density at radius 3 is 2.57 bits per heavy atom. The molecule has 0 aliphatic carbocycles. The fourth-order valence-electron chi connectivity index (χ4n) is 2.82. The highest BCUT2D eigenvalue weighted by Crippen LogP contribution is 2.22. The van der Waals surface area contributed by atoms with E-state index in [1.165, 1.54) is 12.1 Å². The second-order valence-corrected chi connectivity index (χ2v) is 6.28. The summed E-state index contributed by atoms with van der Waals surface area (Å²) in [5, 5.41) is 3.86. The number of fused-ring (bicyclic) bond motifs is 1. The van der Waals surface area contributed by atoms with Crippen molar-refractivity contribution in [1.29, 1.82) is 0 Å². The van der Waals surface area contributed by atoms with Crippen LogP contribution >= 0.6 is 0 Å². The van der Waals surface area contributed by atoms with Gasteiger partial charge in [-0.25, -0.2) is 9.37 Å². The van der Waals surface area contributed by atoms with Crippen molar-refractivity contribution in [1.82, 2.24) is 10.3 Å². The van der Waals surface area contributed by atoms with E-state index in [-0.39, 0.29) is 11.7 Å². The molecule has 1 amide bonds. The minimum Gasteiger partial charge on any atom is -0.457 e. The van der Waals surface area contributed by atoms with Crippen molar-refractivity contribution in [2.45, 2.75) is 6.54 Å². The average Bonchev–Trinajstić information content (AvgIpc) is 2.73. The first-order chi connectivity index (χ1) is 13.7. The summed E-state index contributed by atoms with van der Waals surface area (Å²) in [7, 11) is 0. The molecule has 0 saturated carbocycles. The molecule has 4 rings (SSSR count). The molecule has 4 nitrogen and oxygen atoms in total. The van der Waals surface area contributed by atoms with Gasteiger partial charge in [0.2, 0.25) is 0 Å². The maximum atomic E-state index is 13.0. The van der Waals surface area contributed by atoms with Crippen LogP contribution in [-0.4, -0.2) is 10.9 Å². The van der Waals surface area contributed by atoms with Crippen molar-refractivity contribution in [3.8, 4) is 11.5 Å². The SMILES string of the molecule is O=C(NCc1cccc(Oc2ccc(F)cc2)c1)c1ccc2ccccc2n1. The molecule has 1 N–H and O–H groups in total. The Labute approximate surface area is 161 Å². The van der Waals surface area contributed by atoms with Crippen molar-refractivity contribution in [3.63, 3.8) is 0 Å². The molecule has 3 aromatic carbocycles. The maximum Gasteiger partial charge on any atom is 0.270 e.